The number of hydrogen-bond acceptors (Lipinski definition) is 3. The van der Waals surface area contributed by atoms with Crippen molar-refractivity contribution in [2.24, 2.45) is 7.05 Å². The number of nitrogens with two attached hydrogens (primary N) is 1. The first kappa shape index (κ1) is 13.6. The Kier molecular flexibility index (Phi) is 3.37. The van der Waals surface area contributed by atoms with Crippen molar-refractivity contribution in [3.63, 3.8) is 0 Å². The highest BCUT2D eigenvalue weighted by Crippen LogP contribution is 2.30. The molecule has 100 valence electrons. The molecule has 4 nitrogen and oxygen atoms in total. The number of carbonyl (C=O) groups is 1. The van der Waals surface area contributed by atoms with Crippen molar-refractivity contribution in [2.75, 3.05) is 5.73 Å². The molecule has 0 radical (unpaired) electrons. The van der Waals surface area contributed by atoms with Gasteiger partial charge in [-0.2, -0.15) is 5.10 Å². The van der Waals surface area contributed by atoms with Gasteiger partial charge in [0.05, 0.1) is 16.6 Å². The number of nitrogen functional groups attached to an aromatic ring is 1. The van der Waals surface area contributed by atoms with Crippen LogP contribution in [-0.2, 0) is 12.5 Å². The van der Waals surface area contributed by atoms with Gasteiger partial charge in [-0.15, -0.1) is 0 Å². The van der Waals surface area contributed by atoms with E-state index in [0.717, 1.165) is 5.56 Å². The van der Waals surface area contributed by atoms with Crippen molar-refractivity contribution < 1.29 is 4.79 Å². The topological polar surface area (TPSA) is 60.9 Å². The minimum absolute atomic E-state index is 0.0673. The summed E-state index contributed by atoms with van der Waals surface area (Å²) in [4.78, 5) is 12.7. The minimum atomic E-state index is -0.689. The molecular formula is C14H16ClN3O. The second-order valence-electron chi connectivity index (χ2n) is 5.04. The average molecular weight is 278 g/mol. The minimum Gasteiger partial charge on any atom is -0.399 e. The molecule has 0 aliphatic rings. The Balaban J connectivity index is 2.45. The SMILES string of the molecule is Cn1ncc(Cl)c1C(=O)C(C)(C)c1ccc(N)cc1. The molecule has 0 unspecified atom stereocenters. The summed E-state index contributed by atoms with van der Waals surface area (Å²) in [6, 6.07) is 7.29. The van der Waals surface area contributed by atoms with Gasteiger partial charge in [-0.3, -0.25) is 9.48 Å². The van der Waals surface area contributed by atoms with E-state index in [2.05, 4.69) is 5.10 Å². The third-order valence-corrected chi connectivity index (χ3v) is 3.59. The molecule has 0 saturated heterocycles. The Labute approximate surface area is 117 Å². The number of aryl methyl sites for hydroxylation is 1. The molecule has 0 amide bonds. The second kappa shape index (κ2) is 4.70. The van der Waals surface area contributed by atoms with Crippen molar-refractivity contribution in [1.82, 2.24) is 9.78 Å². The first-order chi connectivity index (χ1) is 8.84. The molecule has 5 heteroatoms. The van der Waals surface area contributed by atoms with E-state index in [0.29, 0.717) is 16.4 Å². The molecule has 19 heavy (non-hydrogen) atoms. The Morgan fingerprint density at radius 1 is 1.32 bits per heavy atom. The zero-order chi connectivity index (χ0) is 14.2. The second-order valence-corrected chi connectivity index (χ2v) is 5.45. The Bertz CT molecular complexity index is 595. The molecule has 0 spiro atoms. The van der Waals surface area contributed by atoms with Crippen LogP contribution in [0, 0.1) is 0 Å². The van der Waals surface area contributed by atoms with Gasteiger partial charge in [0, 0.05) is 12.7 Å². The van der Waals surface area contributed by atoms with Crippen LogP contribution < -0.4 is 5.73 Å². The van der Waals surface area contributed by atoms with E-state index in [9.17, 15) is 4.79 Å². The fraction of sp³-hybridized carbons (Fsp3) is 0.286. The van der Waals surface area contributed by atoms with E-state index in [-0.39, 0.29) is 5.78 Å². The Morgan fingerprint density at radius 2 is 1.89 bits per heavy atom. The van der Waals surface area contributed by atoms with E-state index < -0.39 is 5.41 Å². The maximum Gasteiger partial charge on any atom is 0.192 e. The van der Waals surface area contributed by atoms with Crippen molar-refractivity contribution in [1.29, 1.82) is 0 Å². The summed E-state index contributed by atoms with van der Waals surface area (Å²) < 4.78 is 1.50. The predicted octanol–water partition coefficient (Wildman–Crippen LogP) is 2.82. The van der Waals surface area contributed by atoms with Crippen LogP contribution in [0.15, 0.2) is 30.5 Å². The third kappa shape index (κ3) is 2.36. The summed E-state index contributed by atoms with van der Waals surface area (Å²) in [5, 5.41) is 4.37. The smallest absolute Gasteiger partial charge is 0.192 e. The van der Waals surface area contributed by atoms with Crippen molar-refractivity contribution in [3.8, 4) is 0 Å². The lowest BCUT2D eigenvalue weighted by molar-refractivity contribution is 0.0899. The van der Waals surface area contributed by atoms with Crippen molar-refractivity contribution in [2.45, 2.75) is 19.3 Å². The largest absolute Gasteiger partial charge is 0.399 e. The molecule has 0 saturated carbocycles. The van der Waals surface area contributed by atoms with Gasteiger partial charge >= 0.3 is 0 Å². The summed E-state index contributed by atoms with van der Waals surface area (Å²) >= 11 is 6.03. The summed E-state index contributed by atoms with van der Waals surface area (Å²) in [7, 11) is 1.71. The van der Waals surface area contributed by atoms with Gasteiger partial charge in [-0.1, -0.05) is 23.7 Å². The number of ketones is 1. The summed E-state index contributed by atoms with van der Waals surface area (Å²) in [6.45, 7) is 3.73. The van der Waals surface area contributed by atoms with Crippen LogP contribution >= 0.6 is 11.6 Å². The fourth-order valence-electron chi connectivity index (χ4n) is 1.99. The molecule has 1 heterocycles. The van der Waals surface area contributed by atoms with Crippen LogP contribution in [0.5, 0.6) is 0 Å². The number of halogens is 1. The highest BCUT2D eigenvalue weighted by Gasteiger charge is 2.33. The molecule has 0 bridgehead atoms. The highest BCUT2D eigenvalue weighted by atomic mass is 35.5. The van der Waals surface area contributed by atoms with E-state index in [1.54, 1.807) is 19.2 Å². The van der Waals surface area contributed by atoms with Crippen LogP contribution in [0.1, 0.15) is 29.9 Å². The molecular weight excluding hydrogens is 262 g/mol. The van der Waals surface area contributed by atoms with E-state index in [4.69, 9.17) is 17.3 Å². The quantitative estimate of drug-likeness (QED) is 0.693. The number of carbonyl (C=O) groups excluding carboxylic acids is 1. The molecule has 2 rings (SSSR count). The number of nitrogens with zero attached hydrogens (tertiary/aromatic N) is 2. The third-order valence-electron chi connectivity index (χ3n) is 3.31. The lowest BCUT2D eigenvalue weighted by Crippen LogP contribution is -2.31. The van der Waals surface area contributed by atoms with Crippen LogP contribution in [-0.4, -0.2) is 15.6 Å². The monoisotopic (exact) mass is 277 g/mol. The fourth-order valence-corrected chi connectivity index (χ4v) is 2.24. The van der Waals surface area contributed by atoms with Gasteiger partial charge in [0.25, 0.3) is 0 Å². The molecule has 0 atom stereocenters. The van der Waals surface area contributed by atoms with Crippen LogP contribution in [0.3, 0.4) is 0 Å². The predicted molar refractivity (Wildman–Crippen MR) is 76.4 cm³/mol. The number of rotatable bonds is 3. The molecule has 0 fully saturated rings. The highest BCUT2D eigenvalue weighted by molar-refractivity contribution is 6.34. The number of aromatic nitrogens is 2. The standard InChI is InChI=1S/C14H16ClN3O/c1-14(2,9-4-6-10(16)7-5-9)13(19)12-11(15)8-17-18(12)3/h4-8H,16H2,1-3H3. The molecule has 2 N–H and O–H groups in total. The van der Waals surface area contributed by atoms with Gasteiger partial charge in [-0.25, -0.2) is 0 Å². The lowest BCUT2D eigenvalue weighted by atomic mass is 9.79. The molecule has 0 aliphatic heterocycles. The molecule has 1 aromatic heterocycles. The van der Waals surface area contributed by atoms with Crippen LogP contribution in [0.2, 0.25) is 5.02 Å². The van der Waals surface area contributed by atoms with Gasteiger partial charge in [-0.05, 0) is 31.5 Å². The number of benzene rings is 1. The number of anilines is 1. The summed E-state index contributed by atoms with van der Waals surface area (Å²) in [5.41, 5.74) is 6.96. The maximum atomic E-state index is 12.7. The Hall–Kier alpha value is -1.81. The average Bonchev–Trinajstić information content (AvgIpc) is 2.68. The van der Waals surface area contributed by atoms with Crippen molar-refractivity contribution in [3.05, 3.63) is 46.7 Å². The van der Waals surface area contributed by atoms with Gasteiger partial charge in [0.1, 0.15) is 5.69 Å². The summed E-state index contributed by atoms with van der Waals surface area (Å²) in [6.07, 6.45) is 1.48. The van der Waals surface area contributed by atoms with Gasteiger partial charge in [0.2, 0.25) is 0 Å². The molecule has 1 aromatic carbocycles. The van der Waals surface area contributed by atoms with Crippen molar-refractivity contribution >= 4 is 23.1 Å². The first-order valence-electron chi connectivity index (χ1n) is 5.92. The number of Topliss-reactive ketones (excluding diaryl/α,β-unsaturated/α-hetero) is 1. The van der Waals surface area contributed by atoms with Crippen LogP contribution in [0.4, 0.5) is 5.69 Å². The maximum absolute atomic E-state index is 12.7. The number of hydrogen-bond donors (Lipinski definition) is 1. The van der Waals surface area contributed by atoms with E-state index in [1.807, 2.05) is 26.0 Å². The van der Waals surface area contributed by atoms with E-state index >= 15 is 0 Å². The first-order valence-corrected chi connectivity index (χ1v) is 6.30. The van der Waals surface area contributed by atoms with E-state index in [1.165, 1.54) is 10.9 Å². The summed E-state index contributed by atoms with van der Waals surface area (Å²) in [5.74, 6) is -0.0673. The zero-order valence-electron chi connectivity index (χ0n) is 11.1. The van der Waals surface area contributed by atoms with Gasteiger partial charge < -0.3 is 5.73 Å². The molecule has 2 aromatic rings. The van der Waals surface area contributed by atoms with Crippen LogP contribution in [0.25, 0.3) is 0 Å². The lowest BCUT2D eigenvalue weighted by Gasteiger charge is -2.24. The van der Waals surface area contributed by atoms with Gasteiger partial charge in [0.15, 0.2) is 5.78 Å². The molecule has 0 aliphatic carbocycles. The normalized spacial score (nSPS) is 11.6. The Morgan fingerprint density at radius 3 is 2.37 bits per heavy atom. The zero-order valence-corrected chi connectivity index (χ0v) is 11.9.